The number of nitrogens with one attached hydrogen (secondary N) is 1. The van der Waals surface area contributed by atoms with E-state index in [2.05, 4.69) is 28.8 Å². The van der Waals surface area contributed by atoms with E-state index >= 15 is 0 Å². The first-order valence-corrected chi connectivity index (χ1v) is 4.67. The van der Waals surface area contributed by atoms with Crippen LogP contribution in [0.2, 0.25) is 0 Å². The third-order valence-corrected chi connectivity index (χ3v) is 2.28. The molecule has 0 aliphatic heterocycles. The fourth-order valence-electron chi connectivity index (χ4n) is 1.51. The van der Waals surface area contributed by atoms with Crippen molar-refractivity contribution < 1.29 is 9.90 Å². The molecule has 2 aromatic heterocycles. The van der Waals surface area contributed by atoms with E-state index in [4.69, 9.17) is 5.11 Å². The molecule has 78 valence electrons. The number of hydrogen-bond acceptors (Lipinski definition) is 3. The van der Waals surface area contributed by atoms with Crippen molar-refractivity contribution in [3.8, 4) is 0 Å². The Bertz CT molecular complexity index is 516. The van der Waals surface area contributed by atoms with Crippen LogP contribution in [-0.2, 0) is 0 Å². The lowest BCUT2D eigenvalue weighted by atomic mass is 10.1. The number of aromatic amines is 1. The van der Waals surface area contributed by atoms with Gasteiger partial charge in [0.2, 0.25) is 5.82 Å². The highest BCUT2D eigenvalue weighted by Gasteiger charge is 2.12. The number of carbonyl (C=O) groups is 1. The molecule has 0 unspecified atom stereocenters. The average molecular weight is 205 g/mol. The van der Waals surface area contributed by atoms with Gasteiger partial charge in [-0.15, -0.1) is 0 Å². The van der Waals surface area contributed by atoms with Gasteiger partial charge in [0.25, 0.3) is 0 Å². The summed E-state index contributed by atoms with van der Waals surface area (Å²) in [6, 6.07) is 0. The SMILES string of the molecule is CC(C)c1c[nH]c2nc(C(=O)O)ncc12. The molecule has 0 saturated heterocycles. The molecule has 2 rings (SSSR count). The number of carboxylic acid groups (broad SMARTS) is 1. The van der Waals surface area contributed by atoms with Gasteiger partial charge in [0, 0.05) is 17.8 Å². The second-order valence-electron chi connectivity index (χ2n) is 3.66. The van der Waals surface area contributed by atoms with Gasteiger partial charge in [-0.3, -0.25) is 0 Å². The van der Waals surface area contributed by atoms with Crippen molar-refractivity contribution in [3.63, 3.8) is 0 Å². The molecule has 0 aliphatic carbocycles. The predicted molar refractivity (Wildman–Crippen MR) is 54.9 cm³/mol. The van der Waals surface area contributed by atoms with Crippen LogP contribution in [0.5, 0.6) is 0 Å². The third kappa shape index (κ3) is 1.56. The van der Waals surface area contributed by atoms with Crippen LogP contribution in [0, 0.1) is 0 Å². The Labute approximate surface area is 86.2 Å². The van der Waals surface area contributed by atoms with Crippen LogP contribution in [0.3, 0.4) is 0 Å². The van der Waals surface area contributed by atoms with E-state index < -0.39 is 5.97 Å². The fraction of sp³-hybridized carbons (Fsp3) is 0.300. The maximum atomic E-state index is 10.6. The van der Waals surface area contributed by atoms with E-state index in [0.717, 1.165) is 10.9 Å². The summed E-state index contributed by atoms with van der Waals surface area (Å²) in [5, 5.41) is 9.61. The van der Waals surface area contributed by atoms with Gasteiger partial charge in [-0.05, 0) is 11.5 Å². The second-order valence-corrected chi connectivity index (χ2v) is 3.66. The Morgan fingerprint density at radius 2 is 2.27 bits per heavy atom. The Balaban J connectivity index is 2.61. The molecule has 0 radical (unpaired) electrons. The first-order chi connectivity index (χ1) is 7.09. The van der Waals surface area contributed by atoms with Gasteiger partial charge in [0.15, 0.2) is 0 Å². The first-order valence-electron chi connectivity index (χ1n) is 4.67. The van der Waals surface area contributed by atoms with Gasteiger partial charge in [-0.25, -0.2) is 14.8 Å². The summed E-state index contributed by atoms with van der Waals surface area (Å²) in [6.07, 6.45) is 3.40. The molecule has 2 N–H and O–H groups in total. The predicted octanol–water partition coefficient (Wildman–Crippen LogP) is 1.78. The highest BCUT2D eigenvalue weighted by Crippen LogP contribution is 2.23. The fourth-order valence-corrected chi connectivity index (χ4v) is 1.51. The van der Waals surface area contributed by atoms with Crippen molar-refractivity contribution in [2.75, 3.05) is 0 Å². The van der Waals surface area contributed by atoms with Crippen molar-refractivity contribution in [3.05, 3.63) is 23.8 Å². The molecule has 2 heterocycles. The van der Waals surface area contributed by atoms with Crippen molar-refractivity contribution in [1.82, 2.24) is 15.0 Å². The van der Waals surface area contributed by atoms with Crippen LogP contribution in [-0.4, -0.2) is 26.0 Å². The van der Waals surface area contributed by atoms with E-state index in [9.17, 15) is 4.79 Å². The quantitative estimate of drug-likeness (QED) is 0.783. The van der Waals surface area contributed by atoms with Crippen LogP contribution in [0.4, 0.5) is 0 Å². The average Bonchev–Trinajstić information content (AvgIpc) is 2.59. The lowest BCUT2D eigenvalue weighted by molar-refractivity contribution is 0.0684. The highest BCUT2D eigenvalue weighted by atomic mass is 16.4. The molecule has 0 amide bonds. The first kappa shape index (κ1) is 9.64. The molecular formula is C10H11N3O2. The minimum absolute atomic E-state index is 0.181. The standard InChI is InChI=1S/C10H11N3O2/c1-5(2)6-3-11-8-7(6)4-12-9(13-8)10(14)15/h3-5H,1-2H3,(H,14,15)(H,11,12,13). The maximum Gasteiger partial charge on any atom is 0.374 e. The Morgan fingerprint density at radius 3 is 2.87 bits per heavy atom. The van der Waals surface area contributed by atoms with E-state index in [0.29, 0.717) is 11.6 Å². The zero-order valence-corrected chi connectivity index (χ0v) is 8.48. The molecule has 5 heteroatoms. The van der Waals surface area contributed by atoms with E-state index in [1.807, 2.05) is 6.20 Å². The lowest BCUT2D eigenvalue weighted by Crippen LogP contribution is -2.03. The minimum Gasteiger partial charge on any atom is -0.475 e. The summed E-state index contributed by atoms with van der Waals surface area (Å²) in [4.78, 5) is 21.3. The number of aromatic nitrogens is 3. The molecule has 0 saturated carbocycles. The summed E-state index contributed by atoms with van der Waals surface area (Å²) in [7, 11) is 0. The number of aromatic carboxylic acids is 1. The highest BCUT2D eigenvalue weighted by molar-refractivity contribution is 5.87. The number of nitrogens with zero attached hydrogens (tertiary/aromatic N) is 2. The van der Waals surface area contributed by atoms with Crippen molar-refractivity contribution in [2.45, 2.75) is 19.8 Å². The van der Waals surface area contributed by atoms with Crippen LogP contribution >= 0.6 is 0 Å². The monoisotopic (exact) mass is 205 g/mol. The maximum absolute atomic E-state index is 10.6. The smallest absolute Gasteiger partial charge is 0.374 e. The molecule has 2 aromatic rings. The van der Waals surface area contributed by atoms with Gasteiger partial charge in [0.1, 0.15) is 5.65 Å². The summed E-state index contributed by atoms with van der Waals surface area (Å²) in [5.74, 6) is -0.935. The number of H-pyrrole nitrogens is 1. The van der Waals surface area contributed by atoms with Gasteiger partial charge in [-0.2, -0.15) is 0 Å². The largest absolute Gasteiger partial charge is 0.475 e. The summed E-state index contributed by atoms with van der Waals surface area (Å²) in [5.41, 5.74) is 1.67. The molecule has 15 heavy (non-hydrogen) atoms. The van der Waals surface area contributed by atoms with Gasteiger partial charge in [-0.1, -0.05) is 13.8 Å². The number of carboxylic acids is 1. The summed E-state index contributed by atoms with van der Waals surface area (Å²) in [6.45, 7) is 4.13. The molecule has 0 spiro atoms. The topological polar surface area (TPSA) is 78.9 Å². The van der Waals surface area contributed by atoms with Crippen LogP contribution in [0.1, 0.15) is 35.9 Å². The van der Waals surface area contributed by atoms with Crippen molar-refractivity contribution in [2.24, 2.45) is 0 Å². The zero-order valence-electron chi connectivity index (χ0n) is 8.48. The van der Waals surface area contributed by atoms with Gasteiger partial charge >= 0.3 is 5.97 Å². The second kappa shape index (κ2) is 3.34. The van der Waals surface area contributed by atoms with E-state index in [1.54, 1.807) is 6.20 Å². The molecule has 0 atom stereocenters. The van der Waals surface area contributed by atoms with E-state index in [1.165, 1.54) is 0 Å². The van der Waals surface area contributed by atoms with Gasteiger partial charge in [0.05, 0.1) is 0 Å². The zero-order chi connectivity index (χ0) is 11.0. The van der Waals surface area contributed by atoms with Crippen LogP contribution in [0.25, 0.3) is 11.0 Å². The number of fused-ring (bicyclic) bond motifs is 1. The van der Waals surface area contributed by atoms with Crippen molar-refractivity contribution in [1.29, 1.82) is 0 Å². The van der Waals surface area contributed by atoms with Crippen LogP contribution < -0.4 is 0 Å². The Kier molecular flexibility index (Phi) is 2.15. The molecule has 0 fully saturated rings. The molecule has 0 aromatic carbocycles. The Morgan fingerprint density at radius 1 is 1.53 bits per heavy atom. The number of rotatable bonds is 2. The normalized spacial score (nSPS) is 11.1. The van der Waals surface area contributed by atoms with Crippen LogP contribution in [0.15, 0.2) is 12.4 Å². The minimum atomic E-state index is -1.11. The Hall–Kier alpha value is -1.91. The van der Waals surface area contributed by atoms with Gasteiger partial charge < -0.3 is 10.1 Å². The molecule has 5 nitrogen and oxygen atoms in total. The summed E-state index contributed by atoms with van der Waals surface area (Å²) >= 11 is 0. The van der Waals surface area contributed by atoms with Crippen molar-refractivity contribution >= 4 is 17.0 Å². The third-order valence-electron chi connectivity index (χ3n) is 2.28. The van der Waals surface area contributed by atoms with E-state index in [-0.39, 0.29) is 5.82 Å². The molecular weight excluding hydrogens is 194 g/mol. The molecule has 0 bridgehead atoms. The summed E-state index contributed by atoms with van der Waals surface area (Å²) < 4.78 is 0. The lowest BCUT2D eigenvalue weighted by Gasteiger charge is -2.01. The number of hydrogen-bond donors (Lipinski definition) is 2. The molecule has 0 aliphatic rings.